The van der Waals surface area contributed by atoms with E-state index in [2.05, 4.69) is 10.6 Å². The summed E-state index contributed by atoms with van der Waals surface area (Å²) in [5.74, 6) is -1.43. The number of hydrogen-bond donors (Lipinski definition) is 2. The minimum Gasteiger partial charge on any atom is -0.462 e. The normalized spacial score (nSPS) is 22.4. The molecule has 8 nitrogen and oxygen atoms in total. The molecule has 0 bridgehead atoms. The van der Waals surface area contributed by atoms with Crippen LogP contribution in [0, 0.1) is 5.92 Å². The predicted octanol–water partition coefficient (Wildman–Crippen LogP) is 4.03. The Bertz CT molecular complexity index is 1080. The number of esters is 1. The van der Waals surface area contributed by atoms with E-state index in [-0.39, 0.29) is 24.0 Å². The number of imide groups is 1. The monoisotopic (exact) mass is 469 g/mol. The van der Waals surface area contributed by atoms with Crippen LogP contribution in [0.5, 0.6) is 0 Å². The van der Waals surface area contributed by atoms with Crippen LogP contribution in [0.2, 0.25) is 0 Å². The van der Waals surface area contributed by atoms with Crippen molar-refractivity contribution in [3.05, 3.63) is 41.3 Å². The summed E-state index contributed by atoms with van der Waals surface area (Å²) in [4.78, 5) is 52.2. The van der Waals surface area contributed by atoms with E-state index in [1.165, 1.54) is 11.3 Å². The van der Waals surface area contributed by atoms with Gasteiger partial charge in [0.1, 0.15) is 22.6 Å². The van der Waals surface area contributed by atoms with Crippen LogP contribution in [0.1, 0.15) is 49.9 Å². The first-order chi connectivity index (χ1) is 15.9. The quantitative estimate of drug-likeness (QED) is 0.491. The third-order valence-electron chi connectivity index (χ3n) is 6.41. The lowest BCUT2D eigenvalue weighted by Crippen LogP contribution is -2.54. The maximum Gasteiger partial charge on any atom is 0.341 e. The van der Waals surface area contributed by atoms with Crippen molar-refractivity contribution in [2.45, 2.75) is 45.1 Å². The number of urea groups is 1. The van der Waals surface area contributed by atoms with E-state index >= 15 is 0 Å². The number of rotatable bonds is 6. The second-order valence-corrected chi connectivity index (χ2v) is 9.31. The molecule has 2 atom stereocenters. The first-order valence-corrected chi connectivity index (χ1v) is 12.0. The Balaban J connectivity index is 1.54. The third-order valence-corrected chi connectivity index (χ3v) is 7.31. The second kappa shape index (κ2) is 9.35. The number of carbonyl (C=O) groups is 4. The molecule has 174 valence electrons. The highest BCUT2D eigenvalue weighted by Crippen LogP contribution is 2.39. The van der Waals surface area contributed by atoms with Gasteiger partial charge >= 0.3 is 12.0 Å². The lowest BCUT2D eigenvalue weighted by molar-refractivity contribution is -0.136. The number of anilines is 1. The molecule has 1 aromatic carbocycles. The Labute approximate surface area is 196 Å². The van der Waals surface area contributed by atoms with E-state index in [0.29, 0.717) is 17.0 Å². The van der Waals surface area contributed by atoms with Crippen molar-refractivity contribution in [2.75, 3.05) is 18.5 Å². The molecular formula is C24H27N3O5S. The Hall–Kier alpha value is -3.20. The number of thiophene rings is 1. The van der Waals surface area contributed by atoms with Crippen molar-refractivity contribution < 1.29 is 23.9 Å². The second-order valence-electron chi connectivity index (χ2n) is 8.43. The van der Waals surface area contributed by atoms with Crippen LogP contribution in [0.15, 0.2) is 35.7 Å². The van der Waals surface area contributed by atoms with Gasteiger partial charge in [-0.25, -0.2) is 9.59 Å². The number of hydrogen-bond acceptors (Lipinski definition) is 6. The molecule has 2 fully saturated rings. The third kappa shape index (κ3) is 4.25. The molecule has 1 saturated carbocycles. The van der Waals surface area contributed by atoms with Gasteiger partial charge in [0.25, 0.3) is 5.91 Å². The maximum absolute atomic E-state index is 13.1. The van der Waals surface area contributed by atoms with Gasteiger partial charge in [0.2, 0.25) is 5.91 Å². The van der Waals surface area contributed by atoms with Gasteiger partial charge in [-0.15, -0.1) is 11.3 Å². The molecule has 2 heterocycles. The molecule has 0 unspecified atom stereocenters. The molecule has 1 aliphatic carbocycles. The fraction of sp³-hybridized carbons (Fsp3) is 0.417. The summed E-state index contributed by atoms with van der Waals surface area (Å²) in [6, 6.07) is 8.79. The Morgan fingerprint density at radius 2 is 2.00 bits per heavy atom. The topological polar surface area (TPSA) is 105 Å². The average Bonchev–Trinajstić information content (AvgIpc) is 3.31. The Morgan fingerprint density at radius 3 is 2.70 bits per heavy atom. The summed E-state index contributed by atoms with van der Waals surface area (Å²) in [5, 5.41) is 7.67. The van der Waals surface area contributed by atoms with E-state index in [0.717, 1.165) is 29.7 Å². The highest BCUT2D eigenvalue weighted by molar-refractivity contribution is 7.15. The smallest absolute Gasteiger partial charge is 0.341 e. The molecule has 4 amide bonds. The number of nitrogens with zero attached hydrogens (tertiary/aromatic N) is 1. The molecule has 1 aliphatic heterocycles. The van der Waals surface area contributed by atoms with Gasteiger partial charge in [0.15, 0.2) is 0 Å². The lowest BCUT2D eigenvalue weighted by Gasteiger charge is -2.36. The summed E-state index contributed by atoms with van der Waals surface area (Å²) < 4.78 is 5.21. The zero-order chi connectivity index (χ0) is 23.6. The van der Waals surface area contributed by atoms with Crippen LogP contribution < -0.4 is 10.6 Å². The van der Waals surface area contributed by atoms with Crippen LogP contribution in [0.25, 0.3) is 11.1 Å². The molecule has 9 heteroatoms. The molecule has 1 spiro atoms. The Morgan fingerprint density at radius 1 is 1.24 bits per heavy atom. The highest BCUT2D eigenvalue weighted by Gasteiger charge is 2.55. The van der Waals surface area contributed by atoms with Crippen molar-refractivity contribution in [3.63, 3.8) is 0 Å². The highest BCUT2D eigenvalue weighted by atomic mass is 32.1. The number of carbonyl (C=O) groups excluding carboxylic acids is 4. The van der Waals surface area contributed by atoms with Crippen LogP contribution >= 0.6 is 11.3 Å². The number of benzene rings is 1. The Kier molecular flexibility index (Phi) is 6.51. The summed E-state index contributed by atoms with van der Waals surface area (Å²) in [5.41, 5.74) is 0.810. The fourth-order valence-electron chi connectivity index (χ4n) is 4.63. The molecule has 0 radical (unpaired) electrons. The van der Waals surface area contributed by atoms with E-state index < -0.39 is 30.0 Å². The van der Waals surface area contributed by atoms with Gasteiger partial charge in [-0.1, -0.05) is 50.1 Å². The van der Waals surface area contributed by atoms with Crippen molar-refractivity contribution >= 4 is 40.2 Å². The minimum absolute atomic E-state index is 0.0110. The molecule has 4 rings (SSSR count). The largest absolute Gasteiger partial charge is 0.462 e. The molecule has 2 aromatic rings. The van der Waals surface area contributed by atoms with Crippen LogP contribution in [0.3, 0.4) is 0 Å². The van der Waals surface area contributed by atoms with Gasteiger partial charge in [-0.2, -0.15) is 0 Å². The SMILES string of the molecule is CCOC(=O)c1c(-c2ccccc2)csc1NC(=O)CN1C(=O)N[C@]2(CCCC[C@@H]2C)C1=O. The summed E-state index contributed by atoms with van der Waals surface area (Å²) >= 11 is 1.20. The zero-order valence-electron chi connectivity index (χ0n) is 18.7. The molecule has 1 aromatic heterocycles. The van der Waals surface area contributed by atoms with Crippen LogP contribution in [0.4, 0.5) is 9.80 Å². The molecule has 2 N–H and O–H groups in total. The standard InChI is InChI=1S/C24H27N3O5S/c1-3-32-21(29)19-17(16-10-5-4-6-11-16)14-33-20(19)25-18(28)13-27-22(30)24(26-23(27)31)12-8-7-9-15(24)2/h4-6,10-11,14-15H,3,7-9,12-13H2,1-2H3,(H,25,28)(H,26,31)/t15-,24-/m0/s1. The first kappa shape index (κ1) is 23.0. The van der Waals surface area contributed by atoms with E-state index in [1.807, 2.05) is 37.3 Å². The van der Waals surface area contributed by atoms with Crippen LogP contribution in [-0.2, 0) is 14.3 Å². The van der Waals surface area contributed by atoms with Crippen molar-refractivity contribution in [2.24, 2.45) is 5.92 Å². The lowest BCUT2D eigenvalue weighted by atomic mass is 9.73. The van der Waals surface area contributed by atoms with E-state index in [1.54, 1.807) is 12.3 Å². The maximum atomic E-state index is 13.1. The number of ether oxygens (including phenoxy) is 1. The molecule has 1 saturated heterocycles. The fourth-order valence-corrected chi connectivity index (χ4v) is 5.61. The number of amides is 4. The predicted molar refractivity (Wildman–Crippen MR) is 125 cm³/mol. The molecule has 33 heavy (non-hydrogen) atoms. The molecule has 2 aliphatic rings. The summed E-state index contributed by atoms with van der Waals surface area (Å²) in [6.07, 6.45) is 3.31. The molecular weight excluding hydrogens is 442 g/mol. The first-order valence-electron chi connectivity index (χ1n) is 11.2. The van der Waals surface area contributed by atoms with Crippen molar-refractivity contribution in [3.8, 4) is 11.1 Å². The van der Waals surface area contributed by atoms with Gasteiger partial charge in [0.05, 0.1) is 6.61 Å². The number of nitrogens with one attached hydrogen (secondary N) is 2. The summed E-state index contributed by atoms with van der Waals surface area (Å²) in [6.45, 7) is 3.45. The van der Waals surface area contributed by atoms with Gasteiger partial charge in [0, 0.05) is 10.9 Å². The van der Waals surface area contributed by atoms with Gasteiger partial charge < -0.3 is 15.4 Å². The van der Waals surface area contributed by atoms with Crippen molar-refractivity contribution in [1.29, 1.82) is 0 Å². The van der Waals surface area contributed by atoms with E-state index in [4.69, 9.17) is 4.74 Å². The van der Waals surface area contributed by atoms with E-state index in [9.17, 15) is 19.2 Å². The van der Waals surface area contributed by atoms with Crippen LogP contribution in [-0.4, -0.2) is 47.4 Å². The van der Waals surface area contributed by atoms with Gasteiger partial charge in [-0.05, 0) is 31.2 Å². The van der Waals surface area contributed by atoms with Gasteiger partial charge in [-0.3, -0.25) is 14.5 Å². The summed E-state index contributed by atoms with van der Waals surface area (Å²) in [7, 11) is 0. The van der Waals surface area contributed by atoms with Crippen molar-refractivity contribution in [1.82, 2.24) is 10.2 Å². The average molecular weight is 470 g/mol. The zero-order valence-corrected chi connectivity index (χ0v) is 19.5. The minimum atomic E-state index is -0.922.